The number of rotatable bonds is 10. The molecule has 0 saturated heterocycles. The number of fused-ring (bicyclic) bond motifs is 2. The molecule has 10 aromatic rings. The summed E-state index contributed by atoms with van der Waals surface area (Å²) < 4.78 is 91.4. The Balaban J connectivity index is 0.000000188. The summed E-state index contributed by atoms with van der Waals surface area (Å²) in [5.41, 5.74) is 4.70. The second-order valence-electron chi connectivity index (χ2n) is 15.7. The van der Waals surface area contributed by atoms with E-state index in [1.165, 1.54) is 50.9 Å². The van der Waals surface area contributed by atoms with Crippen molar-refractivity contribution in [3.8, 4) is 45.7 Å². The quantitative estimate of drug-likeness (QED) is 0.0739. The number of carbonyl (C=O) groups excluding carboxylic acids is 2. The molecule has 0 fully saturated rings. The number of nitrogens with zero attached hydrogens (tertiary/aromatic N) is 10. The lowest BCUT2D eigenvalue weighted by molar-refractivity contribution is -0.138. The second-order valence-corrected chi connectivity index (χ2v) is 16.6. The van der Waals surface area contributed by atoms with Gasteiger partial charge >= 0.3 is 31.5 Å². The fourth-order valence-electron chi connectivity index (χ4n) is 7.11. The normalized spacial score (nSPS) is 11.1. The van der Waals surface area contributed by atoms with Gasteiger partial charge in [-0.25, -0.2) is 38.9 Å². The molecule has 392 valence electrons. The van der Waals surface area contributed by atoms with Gasteiger partial charge < -0.3 is 30.2 Å². The highest BCUT2D eigenvalue weighted by molar-refractivity contribution is 9.10. The number of benzene rings is 4. The number of methoxy groups -OCH3 is 2. The first kappa shape index (κ1) is 55.6. The Morgan fingerprint density at radius 3 is 1.47 bits per heavy atom. The number of ether oxygens (including phenoxy) is 2. The molecular weight excluding hydrogens is 1080 g/mol. The van der Waals surface area contributed by atoms with Crippen LogP contribution in [0.25, 0.3) is 44.9 Å². The van der Waals surface area contributed by atoms with E-state index in [1.54, 1.807) is 94.7 Å². The Hall–Kier alpha value is -9.14. The molecule has 6 aromatic heterocycles. The summed E-state index contributed by atoms with van der Waals surface area (Å²) in [7, 11) is 1.39. The lowest BCUT2D eigenvalue weighted by Gasteiger charge is -2.11. The first-order valence-electron chi connectivity index (χ1n) is 22.0. The van der Waals surface area contributed by atoms with Gasteiger partial charge in [0.05, 0.1) is 53.6 Å². The third-order valence-electron chi connectivity index (χ3n) is 10.7. The molecule has 10 rings (SSSR count). The fraction of sp³-hybridized carbons (Fsp3) is 0.0980. The van der Waals surface area contributed by atoms with Crippen LogP contribution in [0.5, 0.6) is 12.0 Å². The molecule has 0 aliphatic carbocycles. The Morgan fingerprint density at radius 1 is 0.558 bits per heavy atom. The molecule has 6 heterocycles. The second kappa shape index (κ2) is 24.0. The summed E-state index contributed by atoms with van der Waals surface area (Å²) in [6.45, 7) is 0. The summed E-state index contributed by atoms with van der Waals surface area (Å²) >= 11 is 3.38. The van der Waals surface area contributed by atoms with Crippen LogP contribution in [0.1, 0.15) is 39.3 Å². The van der Waals surface area contributed by atoms with E-state index in [-0.39, 0.29) is 36.0 Å². The summed E-state index contributed by atoms with van der Waals surface area (Å²) in [5, 5.41) is 31.3. The summed E-state index contributed by atoms with van der Waals surface area (Å²) in [6.07, 6.45) is 3.31. The molecule has 0 aliphatic heterocycles. The van der Waals surface area contributed by atoms with E-state index >= 15 is 0 Å². The predicted molar refractivity (Wildman–Crippen MR) is 276 cm³/mol. The molecule has 2 amide bonds. The highest BCUT2D eigenvalue weighted by Gasteiger charge is 2.32. The van der Waals surface area contributed by atoms with E-state index in [0.29, 0.717) is 45.1 Å². The zero-order valence-corrected chi connectivity index (χ0v) is 40.8. The van der Waals surface area contributed by atoms with Gasteiger partial charge in [0, 0.05) is 87.4 Å². The van der Waals surface area contributed by atoms with Crippen molar-refractivity contribution >= 4 is 63.0 Å². The zero-order chi connectivity index (χ0) is 54.1. The molecule has 77 heavy (non-hydrogen) atoms. The lowest BCUT2D eigenvalue weighted by atomic mass is 9.83. The maximum atomic E-state index is 13.0. The van der Waals surface area contributed by atoms with Crippen LogP contribution in [0.3, 0.4) is 0 Å². The highest BCUT2D eigenvalue weighted by Crippen LogP contribution is 2.33. The number of amides is 2. The average Bonchev–Trinajstić information content (AvgIpc) is 4.06. The third-order valence-corrected chi connectivity index (χ3v) is 11.3. The van der Waals surface area contributed by atoms with Gasteiger partial charge in [0.2, 0.25) is 0 Å². The monoisotopic (exact) mass is 1120 g/mol. The molecule has 0 aliphatic rings. The van der Waals surface area contributed by atoms with Gasteiger partial charge in [-0.1, -0.05) is 43.8 Å². The molecule has 18 nitrogen and oxygen atoms in total. The smallest absolute Gasteiger partial charge is 0.467 e. The molecule has 4 aromatic carbocycles. The van der Waals surface area contributed by atoms with E-state index in [9.17, 15) is 35.9 Å². The Labute approximate surface area is 441 Å². The minimum atomic E-state index is -4.54. The zero-order valence-electron chi connectivity index (χ0n) is 39.2. The van der Waals surface area contributed by atoms with Crippen LogP contribution in [-0.2, 0) is 12.4 Å². The summed E-state index contributed by atoms with van der Waals surface area (Å²) in [6, 6.07) is 26.4. The van der Waals surface area contributed by atoms with Gasteiger partial charge in [-0.3, -0.25) is 9.59 Å². The van der Waals surface area contributed by atoms with Crippen LogP contribution in [0.4, 0.5) is 37.7 Å². The first-order chi connectivity index (χ1) is 36.4. The van der Waals surface area contributed by atoms with Crippen molar-refractivity contribution < 1.29 is 55.5 Å². The van der Waals surface area contributed by atoms with Crippen molar-refractivity contribution in [2.45, 2.75) is 19.8 Å². The van der Waals surface area contributed by atoms with Crippen molar-refractivity contribution in [3.05, 3.63) is 185 Å². The molecular formula is C51H40BBrF6N12O6. The van der Waals surface area contributed by atoms with E-state index in [4.69, 9.17) is 14.8 Å². The van der Waals surface area contributed by atoms with Crippen molar-refractivity contribution in [2.75, 3.05) is 24.9 Å². The number of carbonyl (C=O) groups is 2. The molecule has 0 bridgehead atoms. The van der Waals surface area contributed by atoms with Crippen LogP contribution in [-0.4, -0.2) is 92.3 Å². The van der Waals surface area contributed by atoms with Crippen molar-refractivity contribution in [3.63, 3.8) is 0 Å². The maximum Gasteiger partial charge on any atom is 0.491 e. The summed E-state index contributed by atoms with van der Waals surface area (Å²) in [5.74, 6) is -1.28. The third kappa shape index (κ3) is 13.4. The highest BCUT2D eigenvalue weighted by atomic mass is 79.9. The number of anilines is 2. The predicted octanol–water partition coefficient (Wildman–Crippen LogP) is 9.36. The van der Waals surface area contributed by atoms with Crippen molar-refractivity contribution in [1.82, 2.24) is 49.1 Å². The molecule has 0 spiro atoms. The molecule has 0 unspecified atom stereocenters. The molecule has 26 heteroatoms. The number of aromatic nitrogens is 10. The molecule has 0 saturated carbocycles. The van der Waals surface area contributed by atoms with Crippen molar-refractivity contribution in [1.29, 1.82) is 0 Å². The molecule has 0 atom stereocenters. The van der Waals surface area contributed by atoms with Crippen LogP contribution >= 0.6 is 15.9 Å². The Bertz CT molecular complexity index is 3680. The summed E-state index contributed by atoms with van der Waals surface area (Å²) in [4.78, 5) is 49.3. The van der Waals surface area contributed by atoms with Gasteiger partial charge in [-0.2, -0.15) is 36.5 Å². The van der Waals surface area contributed by atoms with Crippen LogP contribution < -0.4 is 25.6 Å². The number of hydrogen-bond acceptors (Lipinski definition) is 14. The van der Waals surface area contributed by atoms with Crippen LogP contribution in [0.2, 0.25) is 0 Å². The Morgan fingerprint density at radius 2 is 1.00 bits per heavy atom. The van der Waals surface area contributed by atoms with Gasteiger partial charge in [0.25, 0.3) is 11.8 Å². The number of nitrogens with one attached hydrogen (secondary N) is 2. The van der Waals surface area contributed by atoms with Crippen LogP contribution in [0, 0.1) is 0 Å². The van der Waals surface area contributed by atoms with E-state index < -0.39 is 42.4 Å². The van der Waals surface area contributed by atoms with E-state index in [2.05, 4.69) is 71.4 Å². The van der Waals surface area contributed by atoms with Gasteiger partial charge in [-0.05, 0) is 88.7 Å². The molecule has 4 N–H and O–H groups in total. The van der Waals surface area contributed by atoms with Gasteiger partial charge in [0.1, 0.15) is 0 Å². The standard InChI is InChI=1S/C25H17F3N6O2.C20H12BrF3N4O.C5H7BN2O3.CH4/c1-36-24-30-12-17(13-31-24)20-14-32-34-21(8-9-29-22(20)34)15-4-3-7-19(11-15)33-23(35)16-5-2-6-18(10-16)25(26,27)28;21-16-11-26-28-17(7-8-25-18(16)28)12-3-2-6-15(10-12)27-19(29)13-4-1-5-14(9-13)20(22,23)24;1-11-5-7-2-4(3-8-5)6(9)10;/h2-14H,1H3,(H,33,35);1-11H,(H,27,29);2-3,9-10H,1H3;1H4. The fourth-order valence-corrected chi connectivity index (χ4v) is 7.48. The van der Waals surface area contributed by atoms with E-state index in [0.717, 1.165) is 40.0 Å². The SMILES string of the molecule is C.COc1ncc(-c2cnn3c(-c4cccc(NC(=O)c5cccc(C(F)(F)F)c5)c4)ccnc23)cn1.COc1ncc(B(O)O)cn1.O=C(Nc1cccc(-c2ccnc3c(Br)cnn23)c1)c1cccc(C(F)(F)F)c1. The number of hydrogen-bond donors (Lipinski definition) is 4. The first-order valence-corrected chi connectivity index (χ1v) is 22.8. The largest absolute Gasteiger partial charge is 0.491 e. The van der Waals surface area contributed by atoms with Gasteiger partial charge in [-0.15, -0.1) is 0 Å². The lowest BCUT2D eigenvalue weighted by Crippen LogP contribution is -2.30. The van der Waals surface area contributed by atoms with Crippen molar-refractivity contribution in [2.24, 2.45) is 0 Å². The van der Waals surface area contributed by atoms with Gasteiger partial charge in [0.15, 0.2) is 11.3 Å². The number of alkyl halides is 6. The topological polar surface area (TPSA) is 229 Å². The van der Waals surface area contributed by atoms with Crippen LogP contribution in [0.15, 0.2) is 163 Å². The number of halogens is 7. The molecule has 0 radical (unpaired) electrons. The maximum absolute atomic E-state index is 13.0. The minimum Gasteiger partial charge on any atom is -0.467 e. The van der Waals surface area contributed by atoms with E-state index in [1.807, 2.05) is 12.1 Å². The minimum absolute atomic E-state index is 0. The average molecular weight is 1120 g/mol. The Kier molecular flexibility index (Phi) is 17.4.